The summed E-state index contributed by atoms with van der Waals surface area (Å²) in [6.45, 7) is 5.43. The van der Waals surface area contributed by atoms with Crippen molar-refractivity contribution < 1.29 is 4.79 Å². The van der Waals surface area contributed by atoms with Crippen LogP contribution in [0.2, 0.25) is 0 Å². The van der Waals surface area contributed by atoms with E-state index in [4.69, 9.17) is 0 Å². The van der Waals surface area contributed by atoms with Crippen LogP contribution in [0.4, 0.5) is 4.79 Å². The Morgan fingerprint density at radius 3 is 3.12 bits per heavy atom. The number of urea groups is 1. The lowest BCUT2D eigenvalue weighted by molar-refractivity contribution is 0.217. The molecule has 1 aromatic heterocycles. The van der Waals surface area contributed by atoms with Gasteiger partial charge in [0.25, 0.3) is 0 Å². The number of hydrogen-bond donors (Lipinski definition) is 2. The Morgan fingerprint density at radius 1 is 1.65 bits per heavy atom. The zero-order valence-electron chi connectivity index (χ0n) is 10.1. The first-order valence-corrected chi connectivity index (χ1v) is 6.98. The molecule has 5 heteroatoms. The third-order valence-electron chi connectivity index (χ3n) is 3.01. The summed E-state index contributed by atoms with van der Waals surface area (Å²) in [6, 6.07) is 4.73. The second-order valence-corrected chi connectivity index (χ2v) is 5.13. The molecule has 94 valence electrons. The van der Waals surface area contributed by atoms with Crippen molar-refractivity contribution in [2.45, 2.75) is 19.4 Å². The van der Waals surface area contributed by atoms with Gasteiger partial charge >= 0.3 is 6.03 Å². The standard InChI is InChI=1S/C12H19N3OS/c1-2-10(11-4-3-9-17-11)13-5-7-15-8-6-14-12(15)16/h3-4,9-10,13H,2,5-8H2,1H3,(H,14,16). The maximum absolute atomic E-state index is 11.3. The fraction of sp³-hybridized carbons (Fsp3) is 0.583. The second kappa shape index (κ2) is 6.02. The van der Waals surface area contributed by atoms with Crippen LogP contribution in [0.5, 0.6) is 0 Å². The Bertz CT molecular complexity index is 353. The maximum atomic E-state index is 11.3. The molecule has 0 bridgehead atoms. The molecule has 1 saturated heterocycles. The minimum Gasteiger partial charge on any atom is -0.336 e. The predicted molar refractivity (Wildman–Crippen MR) is 70.3 cm³/mol. The van der Waals surface area contributed by atoms with Crippen molar-refractivity contribution in [3.63, 3.8) is 0 Å². The number of amides is 2. The highest BCUT2D eigenvalue weighted by Crippen LogP contribution is 2.21. The molecular weight excluding hydrogens is 234 g/mol. The predicted octanol–water partition coefficient (Wildman–Crippen LogP) is 1.81. The Kier molecular flexibility index (Phi) is 4.39. The zero-order chi connectivity index (χ0) is 12.1. The molecule has 1 fully saturated rings. The van der Waals surface area contributed by atoms with Crippen LogP contribution in [-0.2, 0) is 0 Å². The smallest absolute Gasteiger partial charge is 0.317 e. The molecule has 0 saturated carbocycles. The van der Waals surface area contributed by atoms with Crippen molar-refractivity contribution in [2.75, 3.05) is 26.2 Å². The summed E-state index contributed by atoms with van der Waals surface area (Å²) in [5.74, 6) is 0. The van der Waals surface area contributed by atoms with Gasteiger partial charge in [0.15, 0.2) is 0 Å². The minimum atomic E-state index is 0.0657. The number of rotatable bonds is 6. The number of thiophene rings is 1. The summed E-state index contributed by atoms with van der Waals surface area (Å²) in [5, 5.41) is 8.42. The maximum Gasteiger partial charge on any atom is 0.317 e. The van der Waals surface area contributed by atoms with E-state index in [1.165, 1.54) is 4.88 Å². The summed E-state index contributed by atoms with van der Waals surface area (Å²) in [4.78, 5) is 14.6. The molecule has 1 aliphatic heterocycles. The second-order valence-electron chi connectivity index (χ2n) is 4.15. The van der Waals surface area contributed by atoms with Gasteiger partial charge in [-0.15, -0.1) is 11.3 Å². The van der Waals surface area contributed by atoms with Gasteiger partial charge in [-0.25, -0.2) is 4.79 Å². The SMILES string of the molecule is CCC(NCCN1CCNC1=O)c1cccs1. The van der Waals surface area contributed by atoms with E-state index < -0.39 is 0 Å². The summed E-state index contributed by atoms with van der Waals surface area (Å²) in [7, 11) is 0. The molecule has 0 aromatic carbocycles. The largest absolute Gasteiger partial charge is 0.336 e. The monoisotopic (exact) mass is 253 g/mol. The lowest BCUT2D eigenvalue weighted by Crippen LogP contribution is -2.35. The highest BCUT2D eigenvalue weighted by Gasteiger charge is 2.19. The molecule has 2 heterocycles. The number of nitrogens with one attached hydrogen (secondary N) is 2. The van der Waals surface area contributed by atoms with Crippen molar-refractivity contribution in [1.29, 1.82) is 0 Å². The normalized spacial score (nSPS) is 17.2. The van der Waals surface area contributed by atoms with Gasteiger partial charge in [-0.05, 0) is 17.9 Å². The summed E-state index contributed by atoms with van der Waals surface area (Å²) < 4.78 is 0. The van der Waals surface area contributed by atoms with Crippen LogP contribution in [0, 0.1) is 0 Å². The summed E-state index contributed by atoms with van der Waals surface area (Å²) in [5.41, 5.74) is 0. The molecule has 1 aromatic rings. The van der Waals surface area contributed by atoms with Crippen molar-refractivity contribution in [2.24, 2.45) is 0 Å². The zero-order valence-corrected chi connectivity index (χ0v) is 10.9. The Labute approximate surface area is 106 Å². The van der Waals surface area contributed by atoms with E-state index >= 15 is 0 Å². The van der Waals surface area contributed by atoms with Crippen LogP contribution < -0.4 is 10.6 Å². The highest BCUT2D eigenvalue weighted by atomic mass is 32.1. The molecule has 0 spiro atoms. The third-order valence-corrected chi connectivity index (χ3v) is 4.00. The fourth-order valence-electron chi connectivity index (χ4n) is 2.03. The average molecular weight is 253 g/mol. The lowest BCUT2D eigenvalue weighted by atomic mass is 10.2. The summed E-state index contributed by atoms with van der Waals surface area (Å²) in [6.07, 6.45) is 1.08. The molecule has 4 nitrogen and oxygen atoms in total. The lowest BCUT2D eigenvalue weighted by Gasteiger charge is -2.19. The molecule has 2 rings (SSSR count). The third kappa shape index (κ3) is 3.20. The van der Waals surface area contributed by atoms with E-state index in [1.807, 2.05) is 4.90 Å². The first-order chi connectivity index (χ1) is 8.31. The molecular formula is C12H19N3OS. The molecule has 2 amide bonds. The van der Waals surface area contributed by atoms with Gasteiger partial charge in [-0.2, -0.15) is 0 Å². The van der Waals surface area contributed by atoms with Gasteiger partial charge in [0.2, 0.25) is 0 Å². The van der Waals surface area contributed by atoms with Gasteiger partial charge < -0.3 is 15.5 Å². The van der Waals surface area contributed by atoms with Crippen LogP contribution in [0.15, 0.2) is 17.5 Å². The Morgan fingerprint density at radius 2 is 2.53 bits per heavy atom. The van der Waals surface area contributed by atoms with E-state index in [0.29, 0.717) is 6.04 Å². The average Bonchev–Trinajstić information content (AvgIpc) is 2.97. The first-order valence-electron chi connectivity index (χ1n) is 6.11. The van der Waals surface area contributed by atoms with Gasteiger partial charge in [-0.3, -0.25) is 0 Å². The van der Waals surface area contributed by atoms with Crippen LogP contribution in [-0.4, -0.2) is 37.1 Å². The molecule has 0 aliphatic carbocycles. The number of carbonyl (C=O) groups is 1. The van der Waals surface area contributed by atoms with E-state index in [0.717, 1.165) is 32.6 Å². The molecule has 17 heavy (non-hydrogen) atoms. The van der Waals surface area contributed by atoms with Crippen molar-refractivity contribution in [3.8, 4) is 0 Å². The minimum absolute atomic E-state index is 0.0657. The van der Waals surface area contributed by atoms with Crippen LogP contribution in [0.1, 0.15) is 24.3 Å². The van der Waals surface area contributed by atoms with Gasteiger partial charge in [0, 0.05) is 37.1 Å². The quantitative estimate of drug-likeness (QED) is 0.812. The molecule has 1 aliphatic rings. The Balaban J connectivity index is 1.75. The molecule has 0 radical (unpaired) electrons. The Hall–Kier alpha value is -1.07. The van der Waals surface area contributed by atoms with E-state index in [9.17, 15) is 4.79 Å². The van der Waals surface area contributed by atoms with Crippen LogP contribution in [0.3, 0.4) is 0 Å². The molecule has 2 N–H and O–H groups in total. The van der Waals surface area contributed by atoms with E-state index in [1.54, 1.807) is 11.3 Å². The molecule has 1 atom stereocenters. The van der Waals surface area contributed by atoms with Crippen molar-refractivity contribution in [3.05, 3.63) is 22.4 Å². The van der Waals surface area contributed by atoms with Gasteiger partial charge in [-0.1, -0.05) is 13.0 Å². The van der Waals surface area contributed by atoms with Crippen molar-refractivity contribution >= 4 is 17.4 Å². The van der Waals surface area contributed by atoms with Crippen LogP contribution in [0.25, 0.3) is 0 Å². The number of nitrogens with zero attached hydrogens (tertiary/aromatic N) is 1. The first kappa shape index (κ1) is 12.4. The topological polar surface area (TPSA) is 44.4 Å². The van der Waals surface area contributed by atoms with Gasteiger partial charge in [0.05, 0.1) is 0 Å². The number of carbonyl (C=O) groups excluding carboxylic acids is 1. The molecule has 1 unspecified atom stereocenters. The van der Waals surface area contributed by atoms with E-state index in [-0.39, 0.29) is 6.03 Å². The fourth-order valence-corrected chi connectivity index (χ4v) is 2.92. The summed E-state index contributed by atoms with van der Waals surface area (Å²) >= 11 is 1.78. The number of hydrogen-bond acceptors (Lipinski definition) is 3. The van der Waals surface area contributed by atoms with Crippen molar-refractivity contribution in [1.82, 2.24) is 15.5 Å². The highest BCUT2D eigenvalue weighted by molar-refractivity contribution is 7.10. The van der Waals surface area contributed by atoms with Gasteiger partial charge in [0.1, 0.15) is 0 Å². The van der Waals surface area contributed by atoms with E-state index in [2.05, 4.69) is 35.1 Å². The van der Waals surface area contributed by atoms with Crippen LogP contribution >= 0.6 is 11.3 Å².